The number of hydrogen-bond acceptors (Lipinski definition) is 4. The van der Waals surface area contributed by atoms with E-state index in [1.807, 2.05) is 46.0 Å². The summed E-state index contributed by atoms with van der Waals surface area (Å²) in [6.07, 6.45) is 13.2. The van der Waals surface area contributed by atoms with Gasteiger partial charge in [-0.2, -0.15) is 0 Å². The van der Waals surface area contributed by atoms with E-state index in [9.17, 15) is 9.90 Å². The van der Waals surface area contributed by atoms with Crippen LogP contribution >= 0.6 is 0 Å². The molecular formula is C43H52IrNO3-. The molecule has 1 aliphatic rings. The van der Waals surface area contributed by atoms with E-state index in [0.29, 0.717) is 11.8 Å². The Bertz CT molecular complexity index is 1840. The SMILES string of the molecule is CC(C)Cc1[c-]c(-c2nccc3cc(C4CCCC4)ccc23)c2oc3ccccc3c2c1.CCC(CC)C(=O)/C=C(\O)C(CC)CC.[Ir]. The third-order valence-corrected chi connectivity index (χ3v) is 10.0. The van der Waals surface area contributed by atoms with Gasteiger partial charge in [0.2, 0.25) is 0 Å². The Balaban J connectivity index is 0.000000279. The predicted octanol–water partition coefficient (Wildman–Crippen LogP) is 12.3. The van der Waals surface area contributed by atoms with Gasteiger partial charge in [0.1, 0.15) is 5.58 Å². The Hall–Kier alpha value is -3.27. The summed E-state index contributed by atoms with van der Waals surface area (Å²) in [5.41, 5.74) is 6.44. The topological polar surface area (TPSA) is 63.3 Å². The van der Waals surface area contributed by atoms with E-state index in [-0.39, 0.29) is 43.5 Å². The molecule has 5 aromatic rings. The second kappa shape index (κ2) is 17.4. The first-order valence-electron chi connectivity index (χ1n) is 18.0. The first kappa shape index (κ1) is 37.5. The summed E-state index contributed by atoms with van der Waals surface area (Å²) >= 11 is 0. The molecule has 1 aliphatic carbocycles. The van der Waals surface area contributed by atoms with Gasteiger partial charge in [0.25, 0.3) is 0 Å². The number of pyridine rings is 1. The quantitative estimate of drug-likeness (QED) is 0.0819. The van der Waals surface area contributed by atoms with Crippen LogP contribution in [-0.4, -0.2) is 15.9 Å². The molecule has 48 heavy (non-hydrogen) atoms. The van der Waals surface area contributed by atoms with Gasteiger partial charge in [0.15, 0.2) is 5.78 Å². The van der Waals surface area contributed by atoms with Crippen molar-refractivity contribution in [3.05, 3.63) is 89.8 Å². The predicted molar refractivity (Wildman–Crippen MR) is 197 cm³/mol. The summed E-state index contributed by atoms with van der Waals surface area (Å²) in [6, 6.07) is 23.4. The van der Waals surface area contributed by atoms with Crippen LogP contribution in [0.15, 0.2) is 77.0 Å². The number of hydrogen-bond donors (Lipinski definition) is 1. The van der Waals surface area contributed by atoms with E-state index in [1.165, 1.54) is 53.7 Å². The Morgan fingerprint density at radius 2 is 1.60 bits per heavy atom. The molecule has 5 heteroatoms. The van der Waals surface area contributed by atoms with Crippen molar-refractivity contribution in [3.8, 4) is 11.3 Å². The number of rotatable bonds is 11. The van der Waals surface area contributed by atoms with Crippen molar-refractivity contribution in [2.75, 3.05) is 0 Å². The van der Waals surface area contributed by atoms with Gasteiger partial charge in [-0.25, -0.2) is 0 Å². The molecule has 0 saturated heterocycles. The van der Waals surface area contributed by atoms with Gasteiger partial charge in [-0.05, 0) is 90.9 Å². The number of ketones is 1. The summed E-state index contributed by atoms with van der Waals surface area (Å²) in [5, 5.41) is 14.5. The van der Waals surface area contributed by atoms with E-state index in [2.05, 4.69) is 62.4 Å². The average molecular weight is 823 g/mol. The van der Waals surface area contributed by atoms with Crippen molar-refractivity contribution in [2.45, 2.75) is 105 Å². The third kappa shape index (κ3) is 8.47. The minimum absolute atomic E-state index is 0. The fraction of sp³-hybridized carbons (Fsp3) is 0.442. The smallest absolute Gasteiger partial charge is 0.162 e. The van der Waals surface area contributed by atoms with Gasteiger partial charge >= 0.3 is 0 Å². The van der Waals surface area contributed by atoms with Gasteiger partial charge < -0.3 is 14.5 Å². The van der Waals surface area contributed by atoms with Crippen LogP contribution < -0.4 is 0 Å². The number of aliphatic hydroxyl groups is 1. The van der Waals surface area contributed by atoms with Crippen LogP contribution in [-0.2, 0) is 31.3 Å². The van der Waals surface area contributed by atoms with Gasteiger partial charge in [0.05, 0.1) is 11.3 Å². The molecule has 0 amide bonds. The van der Waals surface area contributed by atoms with Crippen molar-refractivity contribution in [1.29, 1.82) is 0 Å². The zero-order chi connectivity index (χ0) is 33.5. The maximum absolute atomic E-state index is 11.7. The largest absolute Gasteiger partial charge is 0.512 e. The van der Waals surface area contributed by atoms with E-state index >= 15 is 0 Å². The van der Waals surface area contributed by atoms with Crippen molar-refractivity contribution >= 4 is 38.5 Å². The van der Waals surface area contributed by atoms with Crippen LogP contribution in [0.5, 0.6) is 0 Å². The number of fused-ring (bicyclic) bond motifs is 4. The molecule has 4 nitrogen and oxygen atoms in total. The summed E-state index contributed by atoms with van der Waals surface area (Å²) in [7, 11) is 0. The van der Waals surface area contributed by atoms with Crippen LogP contribution in [0.3, 0.4) is 0 Å². The van der Waals surface area contributed by atoms with Crippen LogP contribution in [0.2, 0.25) is 0 Å². The van der Waals surface area contributed by atoms with Gasteiger partial charge in [-0.1, -0.05) is 102 Å². The number of carbonyl (C=O) groups is 1. The number of allylic oxidation sites excluding steroid dienone is 2. The maximum Gasteiger partial charge on any atom is 0.162 e. The molecule has 0 atom stereocenters. The van der Waals surface area contributed by atoms with Gasteiger partial charge in [-0.3, -0.25) is 4.79 Å². The number of furan rings is 1. The zero-order valence-electron chi connectivity index (χ0n) is 29.6. The van der Waals surface area contributed by atoms with Crippen molar-refractivity contribution in [3.63, 3.8) is 0 Å². The van der Waals surface area contributed by atoms with E-state index in [0.717, 1.165) is 65.3 Å². The Labute approximate surface area is 300 Å². The van der Waals surface area contributed by atoms with Crippen LogP contribution in [0.25, 0.3) is 44.0 Å². The van der Waals surface area contributed by atoms with Gasteiger partial charge in [-0.15, -0.1) is 17.7 Å². The van der Waals surface area contributed by atoms with E-state index in [4.69, 9.17) is 9.40 Å². The van der Waals surface area contributed by atoms with Crippen LogP contribution in [0.1, 0.15) is 110 Å². The molecule has 1 fully saturated rings. The summed E-state index contributed by atoms with van der Waals surface area (Å²) in [4.78, 5) is 16.6. The zero-order valence-corrected chi connectivity index (χ0v) is 32.0. The normalized spacial score (nSPS) is 13.9. The first-order valence-corrected chi connectivity index (χ1v) is 18.0. The van der Waals surface area contributed by atoms with Crippen molar-refractivity contribution in [2.24, 2.45) is 17.8 Å². The Kier molecular flexibility index (Phi) is 13.6. The Morgan fingerprint density at radius 3 is 2.27 bits per heavy atom. The molecule has 6 rings (SSSR count). The molecule has 2 heterocycles. The van der Waals surface area contributed by atoms with E-state index in [1.54, 1.807) is 0 Å². The second-order valence-corrected chi connectivity index (χ2v) is 13.7. The Morgan fingerprint density at radius 1 is 0.917 bits per heavy atom. The molecule has 0 spiro atoms. The minimum Gasteiger partial charge on any atom is -0.512 e. The molecule has 0 unspecified atom stereocenters. The number of aromatic nitrogens is 1. The third-order valence-electron chi connectivity index (χ3n) is 10.0. The average Bonchev–Trinajstić information content (AvgIpc) is 3.74. The fourth-order valence-electron chi connectivity index (χ4n) is 7.23. The number of nitrogens with zero attached hydrogens (tertiary/aromatic N) is 1. The van der Waals surface area contributed by atoms with Crippen LogP contribution in [0.4, 0.5) is 0 Å². The fourth-order valence-corrected chi connectivity index (χ4v) is 7.23. The molecule has 1 N–H and O–H groups in total. The standard InChI is InChI=1S/C30H28NO.C13H24O2.Ir/c1-19(2)15-20-16-26-25-9-5-6-10-28(25)32-30(26)27(17-20)29-24-12-11-22(21-7-3-4-8-21)18-23(24)13-14-31-29;1-5-10(6-2)12(14)9-13(15)11(7-3)8-4;/h5-6,9-14,16,18-19,21H,3-4,7-8,15H2,1-2H3;9-11,14H,5-8H2,1-4H3;/q-1;;/b;12-9-;. The number of carbonyl (C=O) groups excluding carboxylic acids is 1. The van der Waals surface area contributed by atoms with Crippen molar-refractivity contribution in [1.82, 2.24) is 4.98 Å². The molecular weight excluding hydrogens is 771 g/mol. The van der Waals surface area contributed by atoms with Gasteiger partial charge in [0, 0.05) is 49.6 Å². The minimum atomic E-state index is 0. The van der Waals surface area contributed by atoms with Crippen LogP contribution in [0, 0.1) is 23.8 Å². The van der Waals surface area contributed by atoms with Crippen molar-refractivity contribution < 1.29 is 34.4 Å². The summed E-state index contributed by atoms with van der Waals surface area (Å²) in [5.74, 6) is 1.81. The first-order chi connectivity index (χ1) is 22.8. The summed E-state index contributed by atoms with van der Waals surface area (Å²) in [6.45, 7) is 12.6. The molecule has 3 aromatic carbocycles. The molecule has 1 radical (unpaired) electrons. The number of aliphatic hydroxyl groups excluding tert-OH is 1. The monoisotopic (exact) mass is 823 g/mol. The number of para-hydroxylation sites is 1. The molecule has 257 valence electrons. The molecule has 0 aliphatic heterocycles. The van der Waals surface area contributed by atoms with E-state index < -0.39 is 0 Å². The molecule has 0 bridgehead atoms. The maximum atomic E-state index is 11.7. The molecule has 1 saturated carbocycles. The summed E-state index contributed by atoms with van der Waals surface area (Å²) < 4.78 is 6.38. The molecule has 2 aromatic heterocycles. The second-order valence-electron chi connectivity index (χ2n) is 13.7. The number of benzene rings is 3.